The van der Waals surface area contributed by atoms with Gasteiger partial charge in [-0.05, 0) is 38.1 Å². The molecule has 0 unspecified atom stereocenters. The molecule has 3 aromatic rings. The van der Waals surface area contributed by atoms with Gasteiger partial charge in [-0.15, -0.1) is 0 Å². The smallest absolute Gasteiger partial charge is 0.215 e. The van der Waals surface area contributed by atoms with Gasteiger partial charge in [-0.3, -0.25) is 4.98 Å². The van der Waals surface area contributed by atoms with Gasteiger partial charge in [0.05, 0.1) is 10.4 Å². The summed E-state index contributed by atoms with van der Waals surface area (Å²) < 4.78 is 19.2. The van der Waals surface area contributed by atoms with E-state index >= 15 is 0 Å². The molecule has 27 heavy (non-hydrogen) atoms. The van der Waals surface area contributed by atoms with Gasteiger partial charge in [0, 0.05) is 17.5 Å². The van der Waals surface area contributed by atoms with Gasteiger partial charge >= 0.3 is 0 Å². The van der Waals surface area contributed by atoms with Crippen molar-refractivity contribution in [2.24, 2.45) is 0 Å². The summed E-state index contributed by atoms with van der Waals surface area (Å²) >= 11 is 5.86. The van der Waals surface area contributed by atoms with Crippen molar-refractivity contribution < 1.29 is 8.81 Å². The van der Waals surface area contributed by atoms with E-state index in [2.05, 4.69) is 16.9 Å². The standard InChI is InChI=1S/C21H19ClFN3O/c1-4-5-13(10-12(2)3)18-20-15(8-9-25-18)19(21(24)27-20)26-14-6-7-17(23)16(22)11-14/h4-11,26H,1,24H2,2-3H3. The summed E-state index contributed by atoms with van der Waals surface area (Å²) in [5, 5.41) is 3.93. The largest absolute Gasteiger partial charge is 0.436 e. The van der Waals surface area contributed by atoms with Crippen molar-refractivity contribution >= 4 is 45.4 Å². The second kappa shape index (κ2) is 7.68. The minimum atomic E-state index is -0.486. The van der Waals surface area contributed by atoms with Crippen molar-refractivity contribution in [3.63, 3.8) is 0 Å². The second-order valence-electron chi connectivity index (χ2n) is 6.21. The van der Waals surface area contributed by atoms with E-state index < -0.39 is 5.82 Å². The number of allylic oxidation sites excluding steroid dienone is 5. The maximum absolute atomic E-state index is 13.4. The lowest BCUT2D eigenvalue weighted by molar-refractivity contribution is 0.628. The van der Waals surface area contributed by atoms with Crippen molar-refractivity contribution in [2.75, 3.05) is 11.1 Å². The monoisotopic (exact) mass is 383 g/mol. The van der Waals surface area contributed by atoms with E-state index in [-0.39, 0.29) is 10.9 Å². The molecule has 0 atom stereocenters. The van der Waals surface area contributed by atoms with Crippen molar-refractivity contribution in [3.05, 3.63) is 77.4 Å². The lowest BCUT2D eigenvalue weighted by Crippen LogP contribution is -1.94. The first-order chi connectivity index (χ1) is 12.9. The number of hydrogen-bond acceptors (Lipinski definition) is 4. The van der Waals surface area contributed by atoms with E-state index in [1.807, 2.05) is 26.0 Å². The number of benzene rings is 1. The summed E-state index contributed by atoms with van der Waals surface area (Å²) in [5.74, 6) is -0.283. The molecule has 0 spiro atoms. The number of rotatable bonds is 5. The fourth-order valence-electron chi connectivity index (χ4n) is 2.73. The molecule has 6 heteroatoms. The predicted octanol–water partition coefficient (Wildman–Crippen LogP) is 6.48. The van der Waals surface area contributed by atoms with E-state index in [0.717, 1.165) is 16.5 Å². The number of halogens is 2. The normalized spacial score (nSPS) is 11.5. The summed E-state index contributed by atoms with van der Waals surface area (Å²) in [7, 11) is 0. The minimum absolute atomic E-state index is 0.0217. The number of hydrogen-bond donors (Lipinski definition) is 2. The molecular formula is C21H19ClFN3O. The molecule has 0 aliphatic heterocycles. The molecule has 2 heterocycles. The maximum Gasteiger partial charge on any atom is 0.215 e. The Balaban J connectivity index is 2.13. The molecule has 0 bridgehead atoms. The third-order valence-electron chi connectivity index (χ3n) is 3.84. The van der Waals surface area contributed by atoms with Crippen LogP contribution < -0.4 is 11.1 Å². The Hall–Kier alpha value is -3.05. The van der Waals surface area contributed by atoms with Crippen molar-refractivity contribution in [3.8, 4) is 0 Å². The van der Waals surface area contributed by atoms with Gasteiger partial charge < -0.3 is 15.5 Å². The van der Waals surface area contributed by atoms with Crippen LogP contribution in [0.2, 0.25) is 5.02 Å². The van der Waals surface area contributed by atoms with Crippen molar-refractivity contribution in [1.29, 1.82) is 0 Å². The summed E-state index contributed by atoms with van der Waals surface area (Å²) in [6, 6.07) is 6.16. The molecule has 0 amide bonds. The Morgan fingerprint density at radius 3 is 2.78 bits per heavy atom. The number of anilines is 3. The first-order valence-electron chi connectivity index (χ1n) is 8.27. The van der Waals surface area contributed by atoms with Gasteiger partial charge in [0.1, 0.15) is 17.2 Å². The van der Waals surface area contributed by atoms with E-state index in [4.69, 9.17) is 21.8 Å². The zero-order valence-corrected chi connectivity index (χ0v) is 15.8. The molecule has 0 saturated heterocycles. The fraction of sp³-hybridized carbons (Fsp3) is 0.0952. The summed E-state index contributed by atoms with van der Waals surface area (Å²) in [6.45, 7) is 7.76. The zero-order valence-electron chi connectivity index (χ0n) is 15.0. The van der Waals surface area contributed by atoms with Gasteiger partial charge in [0.15, 0.2) is 5.58 Å². The molecule has 0 radical (unpaired) electrons. The number of nitrogens with two attached hydrogens (primary N) is 1. The lowest BCUT2D eigenvalue weighted by atomic mass is 10.1. The Kier molecular flexibility index (Phi) is 5.33. The highest BCUT2D eigenvalue weighted by Crippen LogP contribution is 2.38. The molecule has 0 aliphatic rings. The van der Waals surface area contributed by atoms with Gasteiger partial charge in [-0.2, -0.15) is 0 Å². The zero-order chi connectivity index (χ0) is 19.6. The quantitative estimate of drug-likeness (QED) is 0.495. The Labute approximate surface area is 161 Å². The highest BCUT2D eigenvalue weighted by molar-refractivity contribution is 6.31. The second-order valence-corrected chi connectivity index (χ2v) is 6.62. The van der Waals surface area contributed by atoms with Crippen LogP contribution in [0.5, 0.6) is 0 Å². The van der Waals surface area contributed by atoms with Crippen LogP contribution in [0.25, 0.3) is 16.5 Å². The SMILES string of the molecule is C=CC=C(C=C(C)C)c1nccc2c(Nc3ccc(F)c(Cl)c3)c(N)oc12. The number of aromatic nitrogens is 1. The number of pyridine rings is 1. The molecule has 138 valence electrons. The predicted molar refractivity (Wildman–Crippen MR) is 111 cm³/mol. The molecule has 0 fully saturated rings. The van der Waals surface area contributed by atoms with Crippen LogP contribution in [0.15, 0.2) is 65.3 Å². The molecule has 1 aromatic carbocycles. The van der Waals surface area contributed by atoms with E-state index in [9.17, 15) is 4.39 Å². The van der Waals surface area contributed by atoms with Crippen LogP contribution >= 0.6 is 11.6 Å². The van der Waals surface area contributed by atoms with Crippen LogP contribution in [-0.2, 0) is 0 Å². The fourth-order valence-corrected chi connectivity index (χ4v) is 2.91. The first-order valence-corrected chi connectivity index (χ1v) is 8.65. The topological polar surface area (TPSA) is 64.1 Å². The third-order valence-corrected chi connectivity index (χ3v) is 4.13. The number of furan rings is 1. The van der Waals surface area contributed by atoms with Crippen molar-refractivity contribution in [2.45, 2.75) is 13.8 Å². The van der Waals surface area contributed by atoms with Crippen LogP contribution in [0, 0.1) is 5.82 Å². The third kappa shape index (κ3) is 3.88. The van der Waals surface area contributed by atoms with Gasteiger partial charge in [0.2, 0.25) is 5.88 Å². The summed E-state index contributed by atoms with van der Waals surface area (Å²) in [6.07, 6.45) is 7.24. The van der Waals surface area contributed by atoms with E-state index in [1.54, 1.807) is 24.4 Å². The molecular weight excluding hydrogens is 365 g/mol. The summed E-state index contributed by atoms with van der Waals surface area (Å²) in [4.78, 5) is 4.46. The molecule has 3 rings (SSSR count). The van der Waals surface area contributed by atoms with Crippen molar-refractivity contribution in [1.82, 2.24) is 4.98 Å². The average Bonchev–Trinajstić information content (AvgIpc) is 2.93. The Bertz CT molecular complexity index is 1080. The Morgan fingerprint density at radius 1 is 1.33 bits per heavy atom. The first kappa shape index (κ1) is 18.7. The van der Waals surface area contributed by atoms with Gasteiger partial charge in [0.25, 0.3) is 0 Å². The number of nitrogens with one attached hydrogen (secondary N) is 1. The molecule has 3 N–H and O–H groups in total. The molecule has 0 saturated carbocycles. The maximum atomic E-state index is 13.4. The molecule has 4 nitrogen and oxygen atoms in total. The number of nitrogen functional groups attached to an aromatic ring is 1. The van der Waals surface area contributed by atoms with E-state index in [0.29, 0.717) is 22.7 Å². The highest BCUT2D eigenvalue weighted by atomic mass is 35.5. The van der Waals surface area contributed by atoms with Crippen LogP contribution in [0.3, 0.4) is 0 Å². The Morgan fingerprint density at radius 2 is 2.11 bits per heavy atom. The minimum Gasteiger partial charge on any atom is -0.436 e. The van der Waals surface area contributed by atoms with Crippen LogP contribution in [-0.4, -0.2) is 4.98 Å². The van der Waals surface area contributed by atoms with Gasteiger partial charge in [-0.1, -0.05) is 42.0 Å². The van der Waals surface area contributed by atoms with Crippen LogP contribution in [0.1, 0.15) is 19.5 Å². The molecule has 0 aliphatic carbocycles. The number of nitrogens with zero attached hydrogens (tertiary/aromatic N) is 1. The highest BCUT2D eigenvalue weighted by Gasteiger charge is 2.17. The average molecular weight is 384 g/mol. The summed E-state index contributed by atoms with van der Waals surface area (Å²) in [5.41, 5.74) is 10.5. The molecule has 2 aromatic heterocycles. The lowest BCUT2D eigenvalue weighted by Gasteiger charge is -2.07. The van der Waals surface area contributed by atoms with Gasteiger partial charge in [-0.25, -0.2) is 4.39 Å². The number of fused-ring (bicyclic) bond motifs is 1. The van der Waals surface area contributed by atoms with Crippen LogP contribution in [0.4, 0.5) is 21.6 Å². The van der Waals surface area contributed by atoms with E-state index in [1.165, 1.54) is 12.1 Å².